The van der Waals surface area contributed by atoms with E-state index in [2.05, 4.69) is 4.90 Å². The number of hydrogen-bond donors (Lipinski definition) is 2. The van der Waals surface area contributed by atoms with E-state index in [0.717, 1.165) is 36.3 Å². The Labute approximate surface area is 112 Å². The van der Waals surface area contributed by atoms with Gasteiger partial charge in [-0.25, -0.2) is 0 Å². The van der Waals surface area contributed by atoms with Gasteiger partial charge < -0.3 is 20.6 Å². The van der Waals surface area contributed by atoms with Gasteiger partial charge in [0.1, 0.15) is 6.04 Å². The quantitative estimate of drug-likeness (QED) is 0.777. The van der Waals surface area contributed by atoms with Gasteiger partial charge in [0.2, 0.25) is 5.91 Å². The van der Waals surface area contributed by atoms with Gasteiger partial charge in [-0.3, -0.25) is 4.79 Å². The van der Waals surface area contributed by atoms with Gasteiger partial charge in [-0.15, -0.1) is 0 Å². The van der Waals surface area contributed by atoms with Crippen LogP contribution in [0.4, 0.5) is 11.4 Å². The lowest BCUT2D eigenvalue weighted by Gasteiger charge is -2.32. The minimum atomic E-state index is -0.541. The van der Waals surface area contributed by atoms with E-state index >= 15 is 0 Å². The molecule has 0 radical (unpaired) electrons. The zero-order valence-electron chi connectivity index (χ0n) is 11.0. The molecule has 0 spiro atoms. The molecule has 1 fully saturated rings. The van der Waals surface area contributed by atoms with Gasteiger partial charge in [0.25, 0.3) is 0 Å². The number of hydrogen-bond acceptors (Lipinski definition) is 4. The standard InChI is InChI=1S/C14H19N3O2/c1-16-12-7-9(17-6-2-3-10(18)8-17)4-5-11(12)13(15)14(16)19/h4-5,7,10,13,18H,2-3,6,8,15H2,1H3. The fraction of sp³-hybridized carbons (Fsp3) is 0.500. The molecule has 5 nitrogen and oxygen atoms in total. The molecule has 2 atom stereocenters. The highest BCUT2D eigenvalue weighted by Crippen LogP contribution is 2.36. The number of fused-ring (bicyclic) bond motifs is 1. The normalized spacial score (nSPS) is 26.8. The number of anilines is 2. The molecule has 2 aliphatic heterocycles. The fourth-order valence-corrected chi connectivity index (χ4v) is 2.93. The maximum atomic E-state index is 11.8. The Hall–Kier alpha value is -1.59. The second kappa shape index (κ2) is 4.51. The number of likely N-dealkylation sites (N-methyl/N-ethyl adjacent to an activating group) is 1. The third kappa shape index (κ3) is 1.99. The Kier molecular flexibility index (Phi) is 2.95. The number of benzene rings is 1. The molecule has 2 heterocycles. The van der Waals surface area contributed by atoms with Crippen LogP contribution in [0.2, 0.25) is 0 Å². The molecule has 0 bridgehead atoms. The molecule has 0 aliphatic carbocycles. The van der Waals surface area contributed by atoms with Gasteiger partial charge in [0.05, 0.1) is 11.8 Å². The summed E-state index contributed by atoms with van der Waals surface area (Å²) in [6.45, 7) is 1.60. The maximum Gasteiger partial charge on any atom is 0.248 e. The number of rotatable bonds is 1. The minimum Gasteiger partial charge on any atom is -0.391 e. The molecule has 3 rings (SSSR count). The van der Waals surface area contributed by atoms with Crippen LogP contribution >= 0.6 is 0 Å². The molecule has 2 unspecified atom stereocenters. The van der Waals surface area contributed by atoms with Gasteiger partial charge in [-0.1, -0.05) is 6.07 Å². The van der Waals surface area contributed by atoms with Crippen molar-refractivity contribution in [2.75, 3.05) is 29.9 Å². The summed E-state index contributed by atoms with van der Waals surface area (Å²) in [6.07, 6.45) is 1.60. The molecule has 2 aliphatic rings. The Morgan fingerprint density at radius 2 is 2.21 bits per heavy atom. The molecule has 0 aromatic heterocycles. The van der Waals surface area contributed by atoms with Crippen LogP contribution in [0.1, 0.15) is 24.4 Å². The average molecular weight is 261 g/mol. The van der Waals surface area contributed by atoms with E-state index < -0.39 is 6.04 Å². The lowest BCUT2D eigenvalue weighted by molar-refractivity contribution is -0.118. The number of nitrogens with zero attached hydrogens (tertiary/aromatic N) is 2. The van der Waals surface area contributed by atoms with Crippen molar-refractivity contribution in [2.24, 2.45) is 5.73 Å². The van der Waals surface area contributed by atoms with Gasteiger partial charge in [-0.05, 0) is 25.0 Å². The van der Waals surface area contributed by atoms with Gasteiger partial charge >= 0.3 is 0 Å². The summed E-state index contributed by atoms with van der Waals surface area (Å²) in [4.78, 5) is 15.6. The number of aliphatic hydroxyl groups is 1. The van der Waals surface area contributed by atoms with Crippen molar-refractivity contribution in [2.45, 2.75) is 25.0 Å². The van der Waals surface area contributed by atoms with Crippen LogP contribution < -0.4 is 15.5 Å². The zero-order chi connectivity index (χ0) is 13.6. The Morgan fingerprint density at radius 1 is 1.42 bits per heavy atom. The smallest absolute Gasteiger partial charge is 0.248 e. The van der Waals surface area contributed by atoms with Gasteiger partial charge in [0, 0.05) is 31.4 Å². The summed E-state index contributed by atoms with van der Waals surface area (Å²) in [5, 5.41) is 9.74. The van der Waals surface area contributed by atoms with E-state index in [4.69, 9.17) is 5.73 Å². The second-order valence-electron chi connectivity index (χ2n) is 5.36. The van der Waals surface area contributed by atoms with E-state index in [-0.39, 0.29) is 12.0 Å². The van der Waals surface area contributed by atoms with Crippen LogP contribution in [0, 0.1) is 0 Å². The molecule has 1 saturated heterocycles. The third-order valence-electron chi connectivity index (χ3n) is 4.07. The van der Waals surface area contributed by atoms with Crippen LogP contribution in [0.15, 0.2) is 18.2 Å². The Bertz CT molecular complexity index is 517. The topological polar surface area (TPSA) is 69.8 Å². The summed E-state index contributed by atoms with van der Waals surface area (Å²) < 4.78 is 0. The van der Waals surface area contributed by atoms with E-state index in [0.29, 0.717) is 6.54 Å². The first-order valence-electron chi connectivity index (χ1n) is 6.68. The highest BCUT2D eigenvalue weighted by Gasteiger charge is 2.32. The van der Waals surface area contributed by atoms with E-state index in [1.54, 1.807) is 11.9 Å². The van der Waals surface area contributed by atoms with Crippen molar-refractivity contribution < 1.29 is 9.90 Å². The molecule has 102 valence electrons. The molecule has 5 heteroatoms. The molecule has 3 N–H and O–H groups in total. The molecule has 1 aromatic carbocycles. The largest absolute Gasteiger partial charge is 0.391 e. The lowest BCUT2D eigenvalue weighted by Crippen LogP contribution is -2.38. The van der Waals surface area contributed by atoms with Crippen molar-refractivity contribution in [1.82, 2.24) is 0 Å². The number of amides is 1. The summed E-state index contributed by atoms with van der Waals surface area (Å²) in [5.74, 6) is -0.0640. The van der Waals surface area contributed by atoms with Crippen molar-refractivity contribution in [3.05, 3.63) is 23.8 Å². The van der Waals surface area contributed by atoms with Crippen molar-refractivity contribution >= 4 is 17.3 Å². The van der Waals surface area contributed by atoms with Crippen LogP contribution in [0.5, 0.6) is 0 Å². The highest BCUT2D eigenvalue weighted by molar-refractivity contribution is 6.04. The summed E-state index contributed by atoms with van der Waals surface area (Å²) in [6, 6.07) is 5.37. The molecule has 0 saturated carbocycles. The summed E-state index contributed by atoms with van der Waals surface area (Å²) in [7, 11) is 1.75. The first-order valence-corrected chi connectivity index (χ1v) is 6.68. The van der Waals surface area contributed by atoms with E-state index in [1.807, 2.05) is 18.2 Å². The predicted molar refractivity (Wildman–Crippen MR) is 74.2 cm³/mol. The molecular formula is C14H19N3O2. The van der Waals surface area contributed by atoms with Gasteiger partial charge in [-0.2, -0.15) is 0 Å². The second-order valence-corrected chi connectivity index (χ2v) is 5.36. The molecule has 1 aromatic rings. The number of carbonyl (C=O) groups excluding carboxylic acids is 1. The summed E-state index contributed by atoms with van der Waals surface area (Å²) >= 11 is 0. The number of piperidine rings is 1. The summed E-state index contributed by atoms with van der Waals surface area (Å²) in [5.41, 5.74) is 8.70. The van der Waals surface area contributed by atoms with E-state index in [1.165, 1.54) is 0 Å². The minimum absolute atomic E-state index is 0.0640. The van der Waals surface area contributed by atoms with Crippen LogP contribution in [0.3, 0.4) is 0 Å². The monoisotopic (exact) mass is 261 g/mol. The lowest BCUT2D eigenvalue weighted by atomic mass is 10.1. The first kappa shape index (κ1) is 12.4. The number of β-amino-alcohol motifs (C(OH)–C–C–N with tert-alkyl or cyclic N) is 1. The van der Waals surface area contributed by atoms with Crippen LogP contribution in [-0.4, -0.2) is 37.3 Å². The third-order valence-corrected chi connectivity index (χ3v) is 4.07. The first-order chi connectivity index (χ1) is 9.08. The average Bonchev–Trinajstić information content (AvgIpc) is 2.64. The van der Waals surface area contributed by atoms with E-state index in [9.17, 15) is 9.90 Å². The van der Waals surface area contributed by atoms with Crippen LogP contribution in [0.25, 0.3) is 0 Å². The fourth-order valence-electron chi connectivity index (χ4n) is 2.93. The molecular weight excluding hydrogens is 242 g/mol. The Morgan fingerprint density at radius 3 is 2.95 bits per heavy atom. The SMILES string of the molecule is CN1C(=O)C(N)c2ccc(N3CCCC(O)C3)cc21. The molecule has 1 amide bonds. The highest BCUT2D eigenvalue weighted by atomic mass is 16.3. The maximum absolute atomic E-state index is 11.8. The van der Waals surface area contributed by atoms with Crippen molar-refractivity contribution in [3.8, 4) is 0 Å². The van der Waals surface area contributed by atoms with Crippen LogP contribution in [-0.2, 0) is 4.79 Å². The number of nitrogens with two attached hydrogens (primary N) is 1. The molecule has 19 heavy (non-hydrogen) atoms. The number of carbonyl (C=O) groups is 1. The zero-order valence-corrected chi connectivity index (χ0v) is 11.0. The van der Waals surface area contributed by atoms with Crippen molar-refractivity contribution in [1.29, 1.82) is 0 Å². The predicted octanol–water partition coefficient (Wildman–Crippen LogP) is 0.624. The Balaban J connectivity index is 1.92. The van der Waals surface area contributed by atoms with Crippen molar-refractivity contribution in [3.63, 3.8) is 0 Å². The number of aliphatic hydroxyl groups excluding tert-OH is 1. The van der Waals surface area contributed by atoms with Gasteiger partial charge in [0.15, 0.2) is 0 Å².